The van der Waals surface area contributed by atoms with E-state index < -0.39 is 0 Å². The maximum absolute atomic E-state index is 7.62. The fourth-order valence-corrected chi connectivity index (χ4v) is 14.9. The monoisotopic (exact) mass is 1360 g/mol. The third-order valence-corrected chi connectivity index (χ3v) is 21.3. The fraction of sp³-hybridized carbons (Fsp3) is 0.298. The first-order chi connectivity index (χ1) is 48.9. The van der Waals surface area contributed by atoms with Crippen LogP contribution in [0, 0.1) is 0 Å². The van der Waals surface area contributed by atoms with Gasteiger partial charge in [-0.25, -0.2) is 29.9 Å². The molecule has 13 aromatic rings. The summed E-state index contributed by atoms with van der Waals surface area (Å²) in [6, 6.07) is 76.0. The van der Waals surface area contributed by atoms with Gasteiger partial charge in [0.2, 0.25) is 0 Å². The first kappa shape index (κ1) is 69.4. The minimum absolute atomic E-state index is 0.0577. The van der Waals surface area contributed by atoms with Gasteiger partial charge in [0.15, 0.2) is 34.9 Å². The Bertz CT molecular complexity index is 5150. The normalized spacial score (nSPS) is 13.5. The van der Waals surface area contributed by atoms with Crippen molar-refractivity contribution in [3.05, 3.63) is 245 Å². The number of ether oxygens (including phenoxy) is 1. The van der Waals surface area contributed by atoms with Crippen LogP contribution in [0.4, 0.5) is 17.1 Å². The van der Waals surface area contributed by atoms with E-state index in [1.165, 1.54) is 44.4 Å². The summed E-state index contributed by atoms with van der Waals surface area (Å²) in [5, 5.41) is 1.99. The van der Waals surface area contributed by atoms with Gasteiger partial charge in [-0.15, -0.1) is 0 Å². The van der Waals surface area contributed by atoms with E-state index in [4.69, 9.17) is 34.6 Å². The molecule has 0 aliphatic carbocycles. The first-order valence-electron chi connectivity index (χ1n) is 37.0. The standard InChI is InChI=1S/C94H97BN8O/c1-88(2,3)60-36-28-56(29-37-60)82-96-83(57-30-38-61(39-31-57)89(4,5)6)99-86(98-82)71-26-22-24-69-70-25-23-27-72(87-100-84(58-32-40-62(41-33-58)90(7,8)9)97-85(101-87)59-34-42-63(43-35-59)91(10,11)12)81(70)103(80(69)71)68-54-76-79-78(55-68)104-77-51-47-66(94(19,20)21)53-74(77)95(79)73-52-65(93(16,17)18)46-50-75(73)102(76)67-48-44-64(45-49-67)92(13,14)15/h22-55H,1-21H3. The summed E-state index contributed by atoms with van der Waals surface area (Å²) < 4.78 is 10.0. The van der Waals surface area contributed by atoms with Crippen molar-refractivity contribution in [2.75, 3.05) is 4.90 Å². The zero-order valence-electron chi connectivity index (χ0n) is 64.7. The number of nitrogens with zero attached hydrogens (tertiary/aromatic N) is 8. The number of para-hydroxylation sites is 2. The Morgan fingerprint density at radius 3 is 0.971 bits per heavy atom. The average Bonchev–Trinajstić information content (AvgIpc) is 1.41. The molecule has 0 amide bonds. The van der Waals surface area contributed by atoms with Crippen molar-refractivity contribution in [3.63, 3.8) is 0 Å². The van der Waals surface area contributed by atoms with Crippen molar-refractivity contribution in [2.24, 2.45) is 0 Å². The molecule has 9 nitrogen and oxygen atoms in total. The van der Waals surface area contributed by atoms with Crippen molar-refractivity contribution in [1.82, 2.24) is 34.5 Å². The Morgan fingerprint density at radius 2 is 0.606 bits per heavy atom. The van der Waals surface area contributed by atoms with Crippen LogP contribution in [0.3, 0.4) is 0 Å². The molecule has 0 unspecified atom stereocenters. The lowest BCUT2D eigenvalue weighted by molar-refractivity contribution is 0.486. The molecule has 5 heterocycles. The molecule has 0 spiro atoms. The molecule has 2 aliphatic rings. The SMILES string of the molecule is CC(C)(C)c1ccc(-c2nc(-c3ccc(C(C)(C)C)cc3)nc(-c3cccc4c5cccc(-c6nc(-c7ccc(C(C)(C)C)cc7)nc(-c7ccc(C(C)(C)C)cc7)n6)c5n(-c5cc6c7c(c5)N(c5ccc(C(C)(C)C)cc5)c5ccc(C(C)(C)C)cc5B7c5cc(C(C)(C)C)ccc5O6)c34)n2)cc1. The van der Waals surface area contributed by atoms with Crippen LogP contribution >= 0.6 is 0 Å². The number of benzene rings is 10. The number of hydrogen-bond acceptors (Lipinski definition) is 8. The molecule has 0 radical (unpaired) electrons. The smallest absolute Gasteiger partial charge is 0.256 e. The van der Waals surface area contributed by atoms with Gasteiger partial charge in [-0.3, -0.25) is 0 Å². The third-order valence-electron chi connectivity index (χ3n) is 21.3. The second kappa shape index (κ2) is 24.7. The summed E-state index contributed by atoms with van der Waals surface area (Å²) >= 11 is 0. The Hall–Kier alpha value is -10.3. The second-order valence-corrected chi connectivity index (χ2v) is 36.2. The molecule has 0 fully saturated rings. The van der Waals surface area contributed by atoms with Crippen LogP contribution in [0.1, 0.15) is 184 Å². The van der Waals surface area contributed by atoms with E-state index in [9.17, 15) is 0 Å². The highest BCUT2D eigenvalue weighted by Gasteiger charge is 2.44. The van der Waals surface area contributed by atoms with Crippen molar-refractivity contribution in [1.29, 1.82) is 0 Å². The van der Waals surface area contributed by atoms with Crippen LogP contribution in [-0.2, 0) is 37.9 Å². The minimum Gasteiger partial charge on any atom is -0.458 e. The minimum atomic E-state index is -0.180. The Kier molecular flexibility index (Phi) is 16.5. The summed E-state index contributed by atoms with van der Waals surface area (Å²) in [7, 11) is 0. The molecular formula is C94H97BN8O. The molecule has 2 aliphatic heterocycles. The van der Waals surface area contributed by atoms with Gasteiger partial charge in [-0.1, -0.05) is 303 Å². The summed E-state index contributed by atoms with van der Waals surface area (Å²) in [5.41, 5.74) is 22.7. The van der Waals surface area contributed by atoms with Crippen LogP contribution in [0.25, 0.3) is 95.8 Å². The summed E-state index contributed by atoms with van der Waals surface area (Å²) in [4.78, 5) is 35.7. The van der Waals surface area contributed by atoms with Gasteiger partial charge in [0, 0.05) is 67.3 Å². The van der Waals surface area contributed by atoms with E-state index in [0.717, 1.165) is 100 Å². The lowest BCUT2D eigenvalue weighted by Crippen LogP contribution is -2.60. The molecule has 10 heteroatoms. The van der Waals surface area contributed by atoms with Crippen LogP contribution in [0.2, 0.25) is 0 Å². The van der Waals surface area contributed by atoms with Gasteiger partial charge in [0.25, 0.3) is 6.71 Å². The molecule has 0 saturated heterocycles. The third kappa shape index (κ3) is 12.7. The number of rotatable bonds is 8. The Labute approximate surface area is 616 Å². The van der Waals surface area contributed by atoms with E-state index in [-0.39, 0.29) is 44.6 Å². The topological polar surface area (TPSA) is 94.7 Å². The van der Waals surface area contributed by atoms with Crippen LogP contribution in [0.15, 0.2) is 206 Å². The summed E-state index contributed by atoms with van der Waals surface area (Å²) in [5.74, 6) is 4.99. The molecule has 15 rings (SSSR count). The van der Waals surface area contributed by atoms with E-state index >= 15 is 0 Å². The van der Waals surface area contributed by atoms with Gasteiger partial charge in [-0.05, 0) is 136 Å². The quantitative estimate of drug-likeness (QED) is 0.139. The van der Waals surface area contributed by atoms with E-state index in [1.54, 1.807) is 0 Å². The largest absolute Gasteiger partial charge is 0.458 e. The highest BCUT2D eigenvalue weighted by molar-refractivity contribution is 6.99. The molecule has 10 aromatic carbocycles. The summed E-state index contributed by atoms with van der Waals surface area (Å²) in [6.45, 7) is 47.5. The fourth-order valence-electron chi connectivity index (χ4n) is 14.9. The molecule has 3 aromatic heterocycles. The molecular weight excluding hydrogens is 1270 g/mol. The molecule has 104 heavy (non-hydrogen) atoms. The number of aromatic nitrogens is 7. The Balaban J connectivity index is 1.07. The zero-order chi connectivity index (χ0) is 73.7. The number of fused-ring (bicyclic) bond motifs is 7. The van der Waals surface area contributed by atoms with Crippen LogP contribution < -0.4 is 26.0 Å². The van der Waals surface area contributed by atoms with Crippen molar-refractivity contribution < 1.29 is 4.74 Å². The lowest BCUT2D eigenvalue weighted by atomic mass is 9.33. The predicted octanol–water partition coefficient (Wildman–Crippen LogP) is 22.6. The maximum Gasteiger partial charge on any atom is 0.256 e. The maximum atomic E-state index is 7.62. The number of hydrogen-bond donors (Lipinski definition) is 0. The van der Waals surface area contributed by atoms with Gasteiger partial charge < -0.3 is 14.2 Å². The first-order valence-corrected chi connectivity index (χ1v) is 37.0. The van der Waals surface area contributed by atoms with Gasteiger partial charge in [0.1, 0.15) is 11.5 Å². The van der Waals surface area contributed by atoms with Crippen molar-refractivity contribution >= 4 is 62.0 Å². The van der Waals surface area contributed by atoms with Crippen molar-refractivity contribution in [3.8, 4) is 85.5 Å². The molecule has 0 saturated carbocycles. The molecule has 0 N–H and O–H groups in total. The van der Waals surface area contributed by atoms with Gasteiger partial charge in [0.05, 0.1) is 16.7 Å². The zero-order valence-corrected chi connectivity index (χ0v) is 64.7. The Morgan fingerprint density at radius 1 is 0.279 bits per heavy atom. The highest BCUT2D eigenvalue weighted by Crippen LogP contribution is 2.48. The predicted molar refractivity (Wildman–Crippen MR) is 437 cm³/mol. The molecule has 0 atom stereocenters. The van der Waals surface area contributed by atoms with E-state index in [1.807, 2.05) is 0 Å². The number of anilines is 3. The molecule has 0 bridgehead atoms. The lowest BCUT2D eigenvalue weighted by Gasteiger charge is -2.41. The average molecular weight is 1370 g/mol. The second-order valence-electron chi connectivity index (χ2n) is 36.2. The van der Waals surface area contributed by atoms with Gasteiger partial charge in [-0.2, -0.15) is 0 Å². The van der Waals surface area contributed by atoms with Crippen LogP contribution in [-0.4, -0.2) is 41.2 Å². The van der Waals surface area contributed by atoms with Gasteiger partial charge >= 0.3 is 0 Å². The highest BCUT2D eigenvalue weighted by atomic mass is 16.5. The van der Waals surface area contributed by atoms with E-state index in [2.05, 4.69) is 361 Å². The van der Waals surface area contributed by atoms with E-state index in [0.29, 0.717) is 34.9 Å². The molecule has 522 valence electrons. The summed E-state index contributed by atoms with van der Waals surface area (Å²) in [6.07, 6.45) is 0. The van der Waals surface area contributed by atoms with Crippen LogP contribution in [0.5, 0.6) is 11.5 Å². The van der Waals surface area contributed by atoms with Crippen molar-refractivity contribution in [2.45, 2.75) is 183 Å².